The Bertz CT molecular complexity index is 801. The molecule has 21 heavy (non-hydrogen) atoms. The second-order valence-electron chi connectivity index (χ2n) is 4.73. The topological polar surface area (TPSA) is 63.4 Å². The van der Waals surface area contributed by atoms with Crippen LogP contribution in [0, 0.1) is 0 Å². The Hall–Kier alpha value is -1.43. The van der Waals surface area contributed by atoms with Gasteiger partial charge in [0, 0.05) is 6.54 Å². The average Bonchev–Trinajstić information content (AvgIpc) is 2.84. The third-order valence-corrected chi connectivity index (χ3v) is 6.21. The van der Waals surface area contributed by atoms with Crippen molar-refractivity contribution in [2.75, 3.05) is 16.6 Å². The standard InChI is InChI=1S/C14H12Cl2N2O2S/c15-10-4-2-5-11(16)14(10)21(19,20)18-8-7-9-3-1-6-12(17)13(9)18/h1-6H,7-8,17H2. The fourth-order valence-electron chi connectivity index (χ4n) is 2.53. The van der Waals surface area contributed by atoms with Gasteiger partial charge >= 0.3 is 0 Å². The monoisotopic (exact) mass is 342 g/mol. The highest BCUT2D eigenvalue weighted by Crippen LogP contribution is 2.40. The minimum absolute atomic E-state index is 0.0792. The van der Waals surface area contributed by atoms with Crippen molar-refractivity contribution in [3.05, 3.63) is 52.0 Å². The van der Waals surface area contributed by atoms with Crippen LogP contribution in [0.25, 0.3) is 0 Å². The van der Waals surface area contributed by atoms with Crippen LogP contribution in [0.15, 0.2) is 41.3 Å². The first kappa shape index (κ1) is 14.5. The zero-order chi connectivity index (χ0) is 15.2. The number of nitrogen functional groups attached to an aromatic ring is 1. The molecule has 0 radical (unpaired) electrons. The maximum atomic E-state index is 12.9. The van der Waals surface area contributed by atoms with E-state index >= 15 is 0 Å². The summed E-state index contributed by atoms with van der Waals surface area (Å²) >= 11 is 12.1. The zero-order valence-electron chi connectivity index (χ0n) is 10.9. The van der Waals surface area contributed by atoms with Gasteiger partial charge in [-0.25, -0.2) is 8.42 Å². The number of nitrogens with zero attached hydrogens (tertiary/aromatic N) is 1. The van der Waals surface area contributed by atoms with E-state index in [1.807, 2.05) is 12.1 Å². The second kappa shape index (κ2) is 5.09. The molecule has 0 saturated carbocycles. The van der Waals surface area contributed by atoms with Crippen LogP contribution in [-0.4, -0.2) is 15.0 Å². The molecule has 0 amide bonds. The molecule has 2 aromatic carbocycles. The average molecular weight is 343 g/mol. The third kappa shape index (κ3) is 2.25. The number of benzene rings is 2. The predicted molar refractivity (Wildman–Crippen MR) is 85.6 cm³/mol. The maximum absolute atomic E-state index is 12.9. The van der Waals surface area contributed by atoms with E-state index in [0.717, 1.165) is 5.56 Å². The van der Waals surface area contributed by atoms with Crippen LogP contribution in [0.4, 0.5) is 11.4 Å². The highest BCUT2D eigenvalue weighted by molar-refractivity contribution is 7.93. The largest absolute Gasteiger partial charge is 0.397 e. The molecule has 1 heterocycles. The summed E-state index contributed by atoms with van der Waals surface area (Å²) in [6.07, 6.45) is 0.613. The van der Waals surface area contributed by atoms with Crippen LogP contribution < -0.4 is 10.0 Å². The number of anilines is 2. The fourth-order valence-corrected chi connectivity index (χ4v) is 5.16. The van der Waals surface area contributed by atoms with E-state index in [0.29, 0.717) is 24.3 Å². The molecule has 0 bridgehead atoms. The van der Waals surface area contributed by atoms with Crippen molar-refractivity contribution < 1.29 is 8.42 Å². The molecule has 0 saturated heterocycles. The van der Waals surface area contributed by atoms with E-state index in [2.05, 4.69) is 0 Å². The lowest BCUT2D eigenvalue weighted by molar-refractivity contribution is 0.592. The van der Waals surface area contributed by atoms with Gasteiger partial charge in [0.2, 0.25) is 0 Å². The van der Waals surface area contributed by atoms with Gasteiger partial charge in [0.05, 0.1) is 21.4 Å². The molecule has 7 heteroatoms. The van der Waals surface area contributed by atoms with Crippen molar-refractivity contribution in [1.29, 1.82) is 0 Å². The minimum Gasteiger partial charge on any atom is -0.397 e. The lowest BCUT2D eigenvalue weighted by Crippen LogP contribution is -2.30. The Balaban J connectivity index is 2.19. The molecule has 0 fully saturated rings. The number of fused-ring (bicyclic) bond motifs is 1. The molecule has 4 nitrogen and oxygen atoms in total. The van der Waals surface area contributed by atoms with Crippen molar-refractivity contribution >= 4 is 44.6 Å². The van der Waals surface area contributed by atoms with Crippen molar-refractivity contribution in [2.45, 2.75) is 11.3 Å². The van der Waals surface area contributed by atoms with Gasteiger partial charge in [-0.2, -0.15) is 0 Å². The summed E-state index contributed by atoms with van der Waals surface area (Å²) < 4.78 is 27.1. The first-order valence-electron chi connectivity index (χ1n) is 6.27. The summed E-state index contributed by atoms with van der Waals surface area (Å²) in [6, 6.07) is 9.98. The van der Waals surface area contributed by atoms with Crippen molar-refractivity contribution in [3.63, 3.8) is 0 Å². The minimum atomic E-state index is -3.85. The van der Waals surface area contributed by atoms with Gasteiger partial charge < -0.3 is 5.73 Å². The van der Waals surface area contributed by atoms with Gasteiger partial charge in [0.1, 0.15) is 4.90 Å². The highest BCUT2D eigenvalue weighted by atomic mass is 35.5. The molecule has 0 spiro atoms. The number of nitrogens with two attached hydrogens (primary N) is 1. The summed E-state index contributed by atoms with van der Waals surface area (Å²) in [4.78, 5) is -0.0792. The van der Waals surface area contributed by atoms with E-state index in [4.69, 9.17) is 28.9 Å². The molecule has 2 aromatic rings. The summed E-state index contributed by atoms with van der Waals surface area (Å²) in [5, 5.41) is 0.205. The van der Waals surface area contributed by atoms with Gasteiger partial charge in [-0.15, -0.1) is 0 Å². The lowest BCUT2D eigenvalue weighted by Gasteiger charge is -2.22. The van der Waals surface area contributed by atoms with Gasteiger partial charge in [0.25, 0.3) is 10.0 Å². The first-order chi connectivity index (χ1) is 9.93. The second-order valence-corrected chi connectivity index (χ2v) is 7.35. The molecule has 0 aliphatic carbocycles. The molecule has 0 unspecified atom stereocenters. The van der Waals surface area contributed by atoms with Gasteiger partial charge in [0.15, 0.2) is 0 Å². The maximum Gasteiger partial charge on any atom is 0.267 e. The summed E-state index contributed by atoms with van der Waals surface area (Å²) in [5.74, 6) is 0. The lowest BCUT2D eigenvalue weighted by atomic mass is 10.1. The van der Waals surface area contributed by atoms with Crippen LogP contribution in [0.5, 0.6) is 0 Å². The van der Waals surface area contributed by atoms with Crippen LogP contribution in [0.2, 0.25) is 10.0 Å². The van der Waals surface area contributed by atoms with E-state index in [-0.39, 0.29) is 14.9 Å². The molecule has 0 atom stereocenters. The Morgan fingerprint density at radius 3 is 2.33 bits per heavy atom. The smallest absolute Gasteiger partial charge is 0.267 e. The van der Waals surface area contributed by atoms with Crippen LogP contribution in [0.1, 0.15) is 5.56 Å². The van der Waals surface area contributed by atoms with Crippen LogP contribution in [0.3, 0.4) is 0 Å². The molecule has 110 valence electrons. The highest BCUT2D eigenvalue weighted by Gasteiger charge is 2.34. The van der Waals surface area contributed by atoms with Gasteiger partial charge in [-0.1, -0.05) is 41.4 Å². The third-order valence-electron chi connectivity index (χ3n) is 3.45. The zero-order valence-corrected chi connectivity index (χ0v) is 13.2. The first-order valence-corrected chi connectivity index (χ1v) is 8.46. The Labute approximate surface area is 133 Å². The number of halogens is 2. The summed E-state index contributed by atoms with van der Waals surface area (Å²) in [7, 11) is -3.85. The summed E-state index contributed by atoms with van der Waals surface area (Å²) in [6.45, 7) is 0.327. The summed E-state index contributed by atoms with van der Waals surface area (Å²) in [5.41, 5.74) is 7.79. The Morgan fingerprint density at radius 2 is 1.67 bits per heavy atom. The van der Waals surface area contributed by atoms with Crippen LogP contribution in [-0.2, 0) is 16.4 Å². The fraction of sp³-hybridized carbons (Fsp3) is 0.143. The van der Waals surface area contributed by atoms with Crippen LogP contribution >= 0.6 is 23.2 Å². The van der Waals surface area contributed by atoms with E-state index < -0.39 is 10.0 Å². The SMILES string of the molecule is Nc1cccc2c1N(S(=O)(=O)c1c(Cl)cccc1Cl)CC2. The van der Waals surface area contributed by atoms with Crippen molar-refractivity contribution in [3.8, 4) is 0 Å². The molecular formula is C14H12Cl2N2O2S. The molecule has 3 rings (SSSR count). The van der Waals surface area contributed by atoms with Gasteiger partial charge in [-0.05, 0) is 30.2 Å². The van der Waals surface area contributed by atoms with E-state index in [1.165, 1.54) is 16.4 Å². The number of para-hydroxylation sites is 1. The molecule has 2 N–H and O–H groups in total. The van der Waals surface area contributed by atoms with Gasteiger partial charge in [-0.3, -0.25) is 4.31 Å². The van der Waals surface area contributed by atoms with E-state index in [1.54, 1.807) is 12.1 Å². The Kier molecular flexibility index (Phi) is 3.51. The molecular weight excluding hydrogens is 331 g/mol. The quantitative estimate of drug-likeness (QED) is 0.851. The number of hydrogen-bond donors (Lipinski definition) is 1. The molecule has 1 aliphatic rings. The van der Waals surface area contributed by atoms with E-state index in [9.17, 15) is 8.42 Å². The number of sulfonamides is 1. The number of rotatable bonds is 2. The molecule has 1 aliphatic heterocycles. The Morgan fingerprint density at radius 1 is 1.05 bits per heavy atom. The number of hydrogen-bond acceptors (Lipinski definition) is 3. The molecule has 0 aromatic heterocycles. The predicted octanol–water partition coefficient (Wildman–Crippen LogP) is 3.33. The van der Waals surface area contributed by atoms with Crippen molar-refractivity contribution in [2.24, 2.45) is 0 Å². The van der Waals surface area contributed by atoms with Crippen molar-refractivity contribution in [1.82, 2.24) is 0 Å². The normalized spacial score (nSPS) is 14.3.